The van der Waals surface area contributed by atoms with E-state index in [1.54, 1.807) is 18.2 Å². The van der Waals surface area contributed by atoms with Crippen molar-refractivity contribution >= 4 is 39.1 Å². The number of aromatic nitrogens is 2. The number of anilines is 4. The maximum absolute atomic E-state index is 13.5. The van der Waals surface area contributed by atoms with Gasteiger partial charge in [0, 0.05) is 42.3 Å². The number of hydrogen-bond acceptors (Lipinski definition) is 7. The molecule has 1 aromatic heterocycles. The summed E-state index contributed by atoms with van der Waals surface area (Å²) in [5, 5.41) is 8.30. The average molecular weight is 485 g/mol. The molecule has 2 aliphatic heterocycles. The van der Waals surface area contributed by atoms with E-state index in [0.29, 0.717) is 48.9 Å². The van der Waals surface area contributed by atoms with E-state index in [-0.39, 0.29) is 30.9 Å². The SMILES string of the molecule is CS(=O)(=O)N1CCCC1CCNc1nc(Nc2cccc3c2CC(=O)N3)ncc1C(F)(F)F. The predicted molar refractivity (Wildman–Crippen MR) is 117 cm³/mol. The number of carbonyl (C=O) groups excluding carboxylic acids is 1. The molecule has 9 nitrogen and oxygen atoms in total. The van der Waals surface area contributed by atoms with Gasteiger partial charge in [-0.25, -0.2) is 13.4 Å². The van der Waals surface area contributed by atoms with E-state index in [9.17, 15) is 26.4 Å². The standard InChI is InChI=1S/C20H23F3N6O3S/c1-33(31,32)29-9-3-4-12(29)7-8-24-18-14(20(21,22)23)11-25-19(28-18)27-16-6-2-5-15-13(16)10-17(30)26-15/h2,5-6,11-12H,3-4,7-10H2,1H3,(H,26,30)(H2,24,25,27,28). The van der Waals surface area contributed by atoms with Crippen molar-refractivity contribution in [1.29, 1.82) is 0 Å². The highest BCUT2D eigenvalue weighted by Gasteiger charge is 2.36. The molecule has 2 aromatic rings. The molecule has 0 bridgehead atoms. The van der Waals surface area contributed by atoms with Crippen LogP contribution in [0.3, 0.4) is 0 Å². The Morgan fingerprint density at radius 2 is 2.09 bits per heavy atom. The van der Waals surface area contributed by atoms with Crippen LogP contribution in [0, 0.1) is 0 Å². The Kier molecular flexibility index (Phi) is 6.18. The minimum Gasteiger partial charge on any atom is -0.369 e. The number of nitrogens with zero attached hydrogens (tertiary/aromatic N) is 3. The van der Waals surface area contributed by atoms with Crippen LogP contribution in [0.25, 0.3) is 0 Å². The van der Waals surface area contributed by atoms with Gasteiger partial charge in [0.05, 0.1) is 12.7 Å². The fourth-order valence-electron chi connectivity index (χ4n) is 4.16. The number of amides is 1. The first-order valence-corrected chi connectivity index (χ1v) is 12.2. The highest BCUT2D eigenvalue weighted by molar-refractivity contribution is 7.88. The molecule has 0 spiro atoms. The summed E-state index contributed by atoms with van der Waals surface area (Å²) in [6, 6.07) is 4.85. The van der Waals surface area contributed by atoms with Gasteiger partial charge in [-0.05, 0) is 31.4 Å². The van der Waals surface area contributed by atoms with Gasteiger partial charge < -0.3 is 16.0 Å². The lowest BCUT2D eigenvalue weighted by atomic mass is 10.1. The summed E-state index contributed by atoms with van der Waals surface area (Å²) in [5.41, 5.74) is 0.811. The quantitative estimate of drug-likeness (QED) is 0.553. The Labute approximate surface area is 188 Å². The van der Waals surface area contributed by atoms with E-state index in [0.717, 1.165) is 6.26 Å². The van der Waals surface area contributed by atoms with Crippen LogP contribution in [0.15, 0.2) is 24.4 Å². The van der Waals surface area contributed by atoms with Crippen LogP contribution in [0.2, 0.25) is 0 Å². The van der Waals surface area contributed by atoms with Crippen LogP contribution in [0.5, 0.6) is 0 Å². The summed E-state index contributed by atoms with van der Waals surface area (Å²) >= 11 is 0. The third-order valence-electron chi connectivity index (χ3n) is 5.65. The molecule has 3 heterocycles. The molecule has 3 N–H and O–H groups in total. The van der Waals surface area contributed by atoms with Crippen molar-refractivity contribution in [3.63, 3.8) is 0 Å². The van der Waals surface area contributed by atoms with E-state index in [1.165, 1.54) is 4.31 Å². The highest BCUT2D eigenvalue weighted by atomic mass is 32.2. The highest BCUT2D eigenvalue weighted by Crippen LogP contribution is 2.35. The molecular formula is C20H23F3N6O3S. The first-order valence-electron chi connectivity index (χ1n) is 10.4. The fraction of sp³-hybridized carbons (Fsp3) is 0.450. The van der Waals surface area contributed by atoms with Gasteiger partial charge in [0.15, 0.2) is 0 Å². The van der Waals surface area contributed by atoms with Crippen LogP contribution in [-0.4, -0.2) is 54.0 Å². The van der Waals surface area contributed by atoms with Gasteiger partial charge in [0.1, 0.15) is 11.4 Å². The second-order valence-corrected chi connectivity index (χ2v) is 9.96. The Morgan fingerprint density at radius 3 is 2.82 bits per heavy atom. The molecule has 178 valence electrons. The van der Waals surface area contributed by atoms with Gasteiger partial charge in [0.2, 0.25) is 21.9 Å². The molecule has 13 heteroatoms. The molecule has 1 atom stereocenters. The first kappa shape index (κ1) is 23.2. The molecule has 0 radical (unpaired) electrons. The van der Waals surface area contributed by atoms with Crippen molar-refractivity contribution in [2.24, 2.45) is 0 Å². The number of alkyl halides is 3. The number of benzene rings is 1. The number of nitrogens with one attached hydrogen (secondary N) is 3. The second-order valence-electron chi connectivity index (χ2n) is 8.02. The number of hydrogen-bond donors (Lipinski definition) is 3. The van der Waals surface area contributed by atoms with Gasteiger partial charge in [-0.1, -0.05) is 6.07 Å². The summed E-state index contributed by atoms with van der Waals surface area (Å²) in [5.74, 6) is -0.632. The largest absolute Gasteiger partial charge is 0.421 e. The molecule has 33 heavy (non-hydrogen) atoms. The molecule has 1 aromatic carbocycles. The lowest BCUT2D eigenvalue weighted by Gasteiger charge is -2.22. The molecule has 1 amide bonds. The molecule has 2 aliphatic rings. The first-order chi connectivity index (χ1) is 15.5. The van der Waals surface area contributed by atoms with Gasteiger partial charge >= 0.3 is 6.18 Å². The molecule has 1 saturated heterocycles. The van der Waals surface area contributed by atoms with Gasteiger partial charge in [-0.2, -0.15) is 22.5 Å². The van der Waals surface area contributed by atoms with Crippen LogP contribution in [0.4, 0.5) is 36.3 Å². The summed E-state index contributed by atoms with van der Waals surface area (Å²) in [4.78, 5) is 19.5. The zero-order valence-corrected chi connectivity index (χ0v) is 18.6. The van der Waals surface area contributed by atoms with Crippen molar-refractivity contribution in [2.45, 2.75) is 37.9 Å². The Morgan fingerprint density at radius 1 is 1.30 bits per heavy atom. The lowest BCUT2D eigenvalue weighted by molar-refractivity contribution is -0.137. The van der Waals surface area contributed by atoms with E-state index < -0.39 is 27.6 Å². The van der Waals surface area contributed by atoms with E-state index in [2.05, 4.69) is 25.9 Å². The van der Waals surface area contributed by atoms with Crippen LogP contribution in [0.1, 0.15) is 30.4 Å². The molecule has 0 aliphatic carbocycles. The zero-order valence-electron chi connectivity index (χ0n) is 17.7. The van der Waals surface area contributed by atoms with Gasteiger partial charge in [0.25, 0.3) is 0 Å². The molecule has 0 saturated carbocycles. The minimum atomic E-state index is -4.67. The smallest absolute Gasteiger partial charge is 0.369 e. The van der Waals surface area contributed by atoms with Crippen LogP contribution in [-0.2, 0) is 27.4 Å². The Balaban J connectivity index is 1.52. The summed E-state index contributed by atoms with van der Waals surface area (Å²) < 4.78 is 65.7. The van der Waals surface area contributed by atoms with Gasteiger partial charge in [-0.15, -0.1) is 0 Å². The van der Waals surface area contributed by atoms with Crippen molar-refractivity contribution in [1.82, 2.24) is 14.3 Å². The summed E-state index contributed by atoms with van der Waals surface area (Å²) in [7, 11) is -3.37. The van der Waals surface area contributed by atoms with Gasteiger partial charge in [-0.3, -0.25) is 4.79 Å². The Bertz CT molecular complexity index is 1170. The van der Waals surface area contributed by atoms with Crippen molar-refractivity contribution in [2.75, 3.05) is 35.3 Å². The van der Waals surface area contributed by atoms with E-state index in [4.69, 9.17) is 0 Å². The summed E-state index contributed by atoms with van der Waals surface area (Å²) in [6.07, 6.45) is -0.985. The fourth-order valence-corrected chi connectivity index (χ4v) is 5.38. The number of sulfonamides is 1. The lowest BCUT2D eigenvalue weighted by Crippen LogP contribution is -2.35. The topological polar surface area (TPSA) is 116 Å². The molecule has 1 unspecified atom stereocenters. The molecular weight excluding hydrogens is 461 g/mol. The third-order valence-corrected chi connectivity index (χ3v) is 6.98. The van der Waals surface area contributed by atoms with Crippen LogP contribution < -0.4 is 16.0 Å². The molecule has 1 fully saturated rings. The molecule has 4 rings (SSSR count). The number of carbonyl (C=O) groups is 1. The monoisotopic (exact) mass is 484 g/mol. The third kappa shape index (κ3) is 5.19. The zero-order chi connectivity index (χ0) is 23.8. The predicted octanol–water partition coefficient (Wildman–Crippen LogP) is 2.96. The normalized spacial score (nSPS) is 18.8. The maximum atomic E-state index is 13.5. The minimum absolute atomic E-state index is 0.0584. The van der Waals surface area contributed by atoms with E-state index in [1.807, 2.05) is 0 Å². The Hall–Kier alpha value is -2.93. The van der Waals surface area contributed by atoms with Crippen LogP contribution >= 0.6 is 0 Å². The van der Waals surface area contributed by atoms with Crippen molar-refractivity contribution in [3.05, 3.63) is 35.5 Å². The average Bonchev–Trinajstić information content (AvgIpc) is 3.33. The number of fused-ring (bicyclic) bond motifs is 1. The second kappa shape index (κ2) is 8.78. The van der Waals surface area contributed by atoms with Crippen molar-refractivity contribution in [3.8, 4) is 0 Å². The number of rotatable bonds is 7. The number of halogens is 3. The maximum Gasteiger partial charge on any atom is 0.421 e. The summed E-state index contributed by atoms with van der Waals surface area (Å²) in [6.45, 7) is 0.521. The van der Waals surface area contributed by atoms with E-state index >= 15 is 0 Å². The van der Waals surface area contributed by atoms with Crippen molar-refractivity contribution < 1.29 is 26.4 Å².